The molecule has 1 aromatic carbocycles. The van der Waals surface area contributed by atoms with Gasteiger partial charge >= 0.3 is 0 Å². The van der Waals surface area contributed by atoms with Crippen LogP contribution in [0.2, 0.25) is 0 Å². The molecule has 4 heteroatoms. The van der Waals surface area contributed by atoms with Gasteiger partial charge in [0.1, 0.15) is 0 Å². The lowest BCUT2D eigenvalue weighted by Gasteiger charge is -2.08. The van der Waals surface area contributed by atoms with Crippen LogP contribution in [0.4, 0.5) is 5.69 Å². The van der Waals surface area contributed by atoms with Crippen LogP contribution in [0.3, 0.4) is 0 Å². The van der Waals surface area contributed by atoms with Gasteiger partial charge in [0, 0.05) is 18.7 Å². The summed E-state index contributed by atoms with van der Waals surface area (Å²) in [5.41, 5.74) is 7.18. The van der Waals surface area contributed by atoms with E-state index >= 15 is 0 Å². The molecule has 0 radical (unpaired) electrons. The van der Waals surface area contributed by atoms with Crippen molar-refractivity contribution in [3.8, 4) is 0 Å². The van der Waals surface area contributed by atoms with E-state index in [9.17, 15) is 4.79 Å². The van der Waals surface area contributed by atoms with Crippen LogP contribution in [0, 0.1) is 0 Å². The van der Waals surface area contributed by atoms with E-state index in [-0.39, 0.29) is 12.0 Å². The number of carbonyl (C=O) groups is 1. The van der Waals surface area contributed by atoms with E-state index in [2.05, 4.69) is 5.32 Å². The van der Waals surface area contributed by atoms with E-state index in [0.29, 0.717) is 19.6 Å². The van der Waals surface area contributed by atoms with E-state index in [1.807, 2.05) is 38.1 Å². The minimum atomic E-state index is -0.0568. The largest absolute Gasteiger partial charge is 0.374 e. The summed E-state index contributed by atoms with van der Waals surface area (Å²) in [4.78, 5) is 11.3. The molecule has 0 atom stereocenters. The fourth-order valence-electron chi connectivity index (χ4n) is 1.30. The second-order valence-corrected chi connectivity index (χ2v) is 4.14. The van der Waals surface area contributed by atoms with Gasteiger partial charge in [-0.15, -0.1) is 0 Å². The molecule has 0 aromatic heterocycles. The van der Waals surface area contributed by atoms with E-state index in [1.54, 1.807) is 0 Å². The SMILES string of the molecule is CC(C)OCc1ccc(NC(=O)CCN)cc1. The van der Waals surface area contributed by atoms with E-state index in [4.69, 9.17) is 10.5 Å². The fraction of sp³-hybridized carbons (Fsp3) is 0.462. The summed E-state index contributed by atoms with van der Waals surface area (Å²) in [6.07, 6.45) is 0.567. The molecular weight excluding hydrogens is 216 g/mol. The Balaban J connectivity index is 2.47. The zero-order valence-electron chi connectivity index (χ0n) is 10.4. The van der Waals surface area contributed by atoms with Crippen LogP contribution in [0.15, 0.2) is 24.3 Å². The predicted molar refractivity (Wildman–Crippen MR) is 68.7 cm³/mol. The number of hydrogen-bond donors (Lipinski definition) is 2. The first-order valence-corrected chi connectivity index (χ1v) is 5.82. The standard InChI is InChI=1S/C13H20N2O2/c1-10(2)17-9-11-3-5-12(6-4-11)15-13(16)7-8-14/h3-6,10H,7-9,14H2,1-2H3,(H,15,16). The summed E-state index contributed by atoms with van der Waals surface area (Å²) in [7, 11) is 0. The summed E-state index contributed by atoms with van der Waals surface area (Å²) >= 11 is 0. The number of rotatable bonds is 6. The van der Waals surface area contributed by atoms with E-state index in [1.165, 1.54) is 0 Å². The van der Waals surface area contributed by atoms with Gasteiger partial charge in [0.25, 0.3) is 0 Å². The molecule has 1 aromatic rings. The molecule has 0 aliphatic rings. The third-order valence-corrected chi connectivity index (χ3v) is 2.19. The summed E-state index contributed by atoms with van der Waals surface area (Å²) in [5, 5.41) is 2.78. The molecule has 0 saturated carbocycles. The maximum atomic E-state index is 11.3. The Bertz CT molecular complexity index is 347. The van der Waals surface area contributed by atoms with Gasteiger partial charge in [-0.2, -0.15) is 0 Å². The Morgan fingerprint density at radius 3 is 2.53 bits per heavy atom. The topological polar surface area (TPSA) is 64.3 Å². The highest BCUT2D eigenvalue weighted by atomic mass is 16.5. The van der Waals surface area contributed by atoms with Crippen molar-refractivity contribution in [2.75, 3.05) is 11.9 Å². The Labute approximate surface area is 102 Å². The normalized spacial score (nSPS) is 10.6. The van der Waals surface area contributed by atoms with Gasteiger partial charge in [0.2, 0.25) is 5.91 Å². The maximum absolute atomic E-state index is 11.3. The minimum Gasteiger partial charge on any atom is -0.374 e. The van der Waals surface area contributed by atoms with Crippen LogP contribution in [0.1, 0.15) is 25.8 Å². The second kappa shape index (κ2) is 7.04. The number of anilines is 1. The lowest BCUT2D eigenvalue weighted by molar-refractivity contribution is -0.116. The molecule has 1 rings (SSSR count). The summed E-state index contributed by atoms with van der Waals surface area (Å²) < 4.78 is 5.48. The summed E-state index contributed by atoms with van der Waals surface area (Å²) in [6, 6.07) is 7.63. The molecule has 0 heterocycles. The van der Waals surface area contributed by atoms with E-state index in [0.717, 1.165) is 11.3 Å². The quantitative estimate of drug-likeness (QED) is 0.793. The van der Waals surface area contributed by atoms with Crippen molar-refractivity contribution in [2.24, 2.45) is 5.73 Å². The van der Waals surface area contributed by atoms with E-state index < -0.39 is 0 Å². The Kier molecular flexibility index (Phi) is 5.66. The van der Waals surface area contributed by atoms with Crippen LogP contribution in [-0.4, -0.2) is 18.6 Å². The molecule has 0 aliphatic heterocycles. The van der Waals surface area contributed by atoms with Crippen molar-refractivity contribution < 1.29 is 9.53 Å². The molecule has 0 bridgehead atoms. The third-order valence-electron chi connectivity index (χ3n) is 2.19. The Morgan fingerprint density at radius 2 is 2.00 bits per heavy atom. The van der Waals surface area contributed by atoms with Crippen molar-refractivity contribution in [1.82, 2.24) is 0 Å². The predicted octanol–water partition coefficient (Wildman–Crippen LogP) is 1.90. The molecule has 0 fully saturated rings. The van der Waals surface area contributed by atoms with Crippen LogP contribution >= 0.6 is 0 Å². The highest BCUT2D eigenvalue weighted by molar-refractivity contribution is 5.90. The lowest BCUT2D eigenvalue weighted by atomic mass is 10.2. The summed E-state index contributed by atoms with van der Waals surface area (Å²) in [6.45, 7) is 4.96. The monoisotopic (exact) mass is 236 g/mol. The van der Waals surface area contributed by atoms with Gasteiger partial charge in [-0.25, -0.2) is 0 Å². The van der Waals surface area contributed by atoms with Crippen LogP contribution in [-0.2, 0) is 16.1 Å². The molecule has 0 aliphatic carbocycles. The van der Waals surface area contributed by atoms with Crippen LogP contribution in [0.25, 0.3) is 0 Å². The first kappa shape index (κ1) is 13.7. The van der Waals surface area contributed by atoms with Gasteiger partial charge in [-0.1, -0.05) is 12.1 Å². The summed E-state index contributed by atoms with van der Waals surface area (Å²) in [5.74, 6) is -0.0568. The van der Waals surface area contributed by atoms with Gasteiger partial charge in [-0.3, -0.25) is 4.79 Å². The molecule has 94 valence electrons. The van der Waals surface area contributed by atoms with Crippen LogP contribution < -0.4 is 11.1 Å². The number of carbonyl (C=O) groups excluding carboxylic acids is 1. The fourth-order valence-corrected chi connectivity index (χ4v) is 1.30. The number of hydrogen-bond acceptors (Lipinski definition) is 3. The number of nitrogens with two attached hydrogens (primary N) is 1. The third kappa shape index (κ3) is 5.47. The number of ether oxygens (including phenoxy) is 1. The van der Waals surface area contributed by atoms with Crippen molar-refractivity contribution in [3.05, 3.63) is 29.8 Å². The molecule has 0 saturated heterocycles. The first-order chi connectivity index (χ1) is 8.11. The molecular formula is C13H20N2O2. The molecule has 4 nitrogen and oxygen atoms in total. The smallest absolute Gasteiger partial charge is 0.225 e. The van der Waals surface area contributed by atoms with Gasteiger partial charge in [0.15, 0.2) is 0 Å². The van der Waals surface area contributed by atoms with Crippen LogP contribution in [0.5, 0.6) is 0 Å². The Morgan fingerprint density at radius 1 is 1.35 bits per heavy atom. The van der Waals surface area contributed by atoms with Crippen molar-refractivity contribution in [1.29, 1.82) is 0 Å². The zero-order chi connectivity index (χ0) is 12.7. The Hall–Kier alpha value is -1.39. The van der Waals surface area contributed by atoms with Crippen molar-refractivity contribution in [3.63, 3.8) is 0 Å². The number of amides is 1. The molecule has 0 unspecified atom stereocenters. The highest BCUT2D eigenvalue weighted by Crippen LogP contribution is 2.11. The maximum Gasteiger partial charge on any atom is 0.225 e. The average Bonchev–Trinajstić information content (AvgIpc) is 2.28. The average molecular weight is 236 g/mol. The minimum absolute atomic E-state index is 0.0568. The van der Waals surface area contributed by atoms with Gasteiger partial charge < -0.3 is 15.8 Å². The molecule has 1 amide bonds. The molecule has 3 N–H and O–H groups in total. The number of nitrogens with one attached hydrogen (secondary N) is 1. The highest BCUT2D eigenvalue weighted by Gasteiger charge is 2.01. The second-order valence-electron chi connectivity index (χ2n) is 4.14. The van der Waals surface area contributed by atoms with Gasteiger partial charge in [-0.05, 0) is 31.5 Å². The number of benzene rings is 1. The first-order valence-electron chi connectivity index (χ1n) is 5.82. The molecule has 17 heavy (non-hydrogen) atoms. The van der Waals surface area contributed by atoms with Crippen molar-refractivity contribution >= 4 is 11.6 Å². The lowest BCUT2D eigenvalue weighted by Crippen LogP contribution is -2.16. The molecule has 0 spiro atoms. The van der Waals surface area contributed by atoms with Gasteiger partial charge in [0.05, 0.1) is 12.7 Å². The van der Waals surface area contributed by atoms with Crippen molar-refractivity contribution in [2.45, 2.75) is 33.0 Å². The zero-order valence-corrected chi connectivity index (χ0v) is 10.4.